The maximum atomic E-state index is 5.00. The second-order valence-corrected chi connectivity index (χ2v) is 10.9. The summed E-state index contributed by atoms with van der Waals surface area (Å²) < 4.78 is 0. The molecule has 5 aromatic carbocycles. The third-order valence-electron chi connectivity index (χ3n) is 7.86. The Hall–Kier alpha value is -5.74. The topological polar surface area (TPSA) is 51.6 Å². The molecule has 0 amide bonds. The van der Waals surface area contributed by atoms with Crippen LogP contribution in [0.3, 0.4) is 0 Å². The van der Waals surface area contributed by atoms with Gasteiger partial charge in [0, 0.05) is 28.5 Å². The van der Waals surface area contributed by atoms with Crippen LogP contribution in [0.5, 0.6) is 0 Å². The minimum Gasteiger partial charge on any atom is -0.256 e. The zero-order valence-electron chi connectivity index (χ0n) is 24.6. The number of aryl methyl sites for hydroxylation is 2. The molecule has 7 aromatic rings. The van der Waals surface area contributed by atoms with Crippen molar-refractivity contribution < 1.29 is 0 Å². The van der Waals surface area contributed by atoms with Crippen LogP contribution in [0.25, 0.3) is 67.7 Å². The Balaban J connectivity index is 1.44. The summed E-state index contributed by atoms with van der Waals surface area (Å²) in [6.07, 6.45) is 1.83. The van der Waals surface area contributed by atoms with Gasteiger partial charge >= 0.3 is 0 Å². The molecule has 4 nitrogen and oxygen atoms in total. The summed E-state index contributed by atoms with van der Waals surface area (Å²) in [7, 11) is 0. The van der Waals surface area contributed by atoms with Gasteiger partial charge in [-0.3, -0.25) is 4.98 Å². The summed E-state index contributed by atoms with van der Waals surface area (Å²) in [6.45, 7) is 4.35. The smallest absolute Gasteiger partial charge is 0.164 e. The maximum Gasteiger partial charge on any atom is 0.164 e. The zero-order valence-corrected chi connectivity index (χ0v) is 24.6. The molecule has 0 saturated carbocycles. The molecule has 2 heterocycles. The van der Waals surface area contributed by atoms with Crippen LogP contribution in [0.15, 0.2) is 146 Å². The number of hydrogen-bond donors (Lipinski definition) is 0. The predicted octanol–water partition coefficient (Wildman–Crippen LogP) is 9.89. The van der Waals surface area contributed by atoms with Crippen LogP contribution in [0.1, 0.15) is 11.1 Å². The number of rotatable bonds is 6. The van der Waals surface area contributed by atoms with Crippen LogP contribution in [0.2, 0.25) is 0 Å². The fraction of sp³-hybridized carbons (Fsp3) is 0.0500. The van der Waals surface area contributed by atoms with Gasteiger partial charge in [0.25, 0.3) is 0 Å². The molecule has 0 N–H and O–H groups in total. The Kier molecular flexibility index (Phi) is 7.31. The second-order valence-electron chi connectivity index (χ2n) is 10.9. The van der Waals surface area contributed by atoms with Gasteiger partial charge in [0.05, 0.1) is 5.69 Å². The molecule has 0 spiro atoms. The number of benzene rings is 5. The summed E-state index contributed by atoms with van der Waals surface area (Å²) in [5.41, 5.74) is 11.9. The van der Waals surface area contributed by atoms with Crippen LogP contribution in [0.4, 0.5) is 0 Å². The minimum absolute atomic E-state index is 0.638. The van der Waals surface area contributed by atoms with Crippen LogP contribution in [0, 0.1) is 13.8 Å². The molecular weight excluding hydrogens is 536 g/mol. The van der Waals surface area contributed by atoms with Crippen molar-refractivity contribution in [2.45, 2.75) is 13.8 Å². The number of nitrogens with zero attached hydrogens (tertiary/aromatic N) is 4. The van der Waals surface area contributed by atoms with Gasteiger partial charge in [-0.1, -0.05) is 115 Å². The SMILES string of the molecule is Cc1cccc(C)c1-c1cc(-c2nc(-c3ccccc3)nc(-c3ccccc3)n2)ccc1-c1cccc(-c2ccccn2)c1. The standard InChI is InChI=1S/C40H30N4/c1-27-13-11-14-28(2)37(27)35-26-33(22-23-34(35)31-19-12-20-32(25-31)36-21-9-10-24-41-36)40-43-38(29-15-5-3-6-16-29)42-39(44-40)30-17-7-4-8-18-30/h3-26H,1-2H3. The molecule has 210 valence electrons. The van der Waals surface area contributed by atoms with Crippen molar-refractivity contribution in [2.75, 3.05) is 0 Å². The van der Waals surface area contributed by atoms with Gasteiger partial charge in [0.1, 0.15) is 0 Å². The molecule has 2 aromatic heterocycles. The second kappa shape index (κ2) is 11.9. The van der Waals surface area contributed by atoms with Crippen molar-refractivity contribution in [2.24, 2.45) is 0 Å². The Morgan fingerprint density at radius 3 is 1.55 bits per heavy atom. The van der Waals surface area contributed by atoms with E-state index in [-0.39, 0.29) is 0 Å². The van der Waals surface area contributed by atoms with Crippen molar-refractivity contribution in [3.05, 3.63) is 157 Å². The predicted molar refractivity (Wildman–Crippen MR) is 180 cm³/mol. The van der Waals surface area contributed by atoms with Gasteiger partial charge in [-0.15, -0.1) is 0 Å². The molecule has 4 heteroatoms. The Bertz CT molecular complexity index is 1990. The van der Waals surface area contributed by atoms with Gasteiger partial charge in [-0.25, -0.2) is 15.0 Å². The molecule has 0 unspecified atom stereocenters. The molecule has 0 fully saturated rings. The molecule has 7 rings (SSSR count). The van der Waals surface area contributed by atoms with Gasteiger partial charge in [-0.2, -0.15) is 0 Å². The lowest BCUT2D eigenvalue weighted by Crippen LogP contribution is -2.01. The first-order valence-electron chi connectivity index (χ1n) is 14.7. The van der Waals surface area contributed by atoms with Gasteiger partial charge in [0.2, 0.25) is 0 Å². The average Bonchev–Trinajstić information content (AvgIpc) is 3.09. The van der Waals surface area contributed by atoms with Crippen molar-refractivity contribution in [3.63, 3.8) is 0 Å². The van der Waals surface area contributed by atoms with Crippen molar-refractivity contribution in [1.82, 2.24) is 19.9 Å². The third kappa shape index (κ3) is 5.41. The summed E-state index contributed by atoms with van der Waals surface area (Å²) in [5, 5.41) is 0. The van der Waals surface area contributed by atoms with Crippen molar-refractivity contribution in [3.8, 4) is 67.7 Å². The normalized spacial score (nSPS) is 11.0. The lowest BCUT2D eigenvalue weighted by molar-refractivity contribution is 1.07. The summed E-state index contributed by atoms with van der Waals surface area (Å²) >= 11 is 0. The quantitative estimate of drug-likeness (QED) is 0.201. The molecule has 0 saturated heterocycles. The fourth-order valence-electron chi connectivity index (χ4n) is 5.70. The van der Waals surface area contributed by atoms with E-state index in [0.717, 1.165) is 44.6 Å². The van der Waals surface area contributed by atoms with E-state index in [1.54, 1.807) is 0 Å². The number of aromatic nitrogens is 4. The van der Waals surface area contributed by atoms with Crippen molar-refractivity contribution in [1.29, 1.82) is 0 Å². The van der Waals surface area contributed by atoms with Gasteiger partial charge in [0.15, 0.2) is 17.5 Å². The lowest BCUT2D eigenvalue weighted by Gasteiger charge is -2.17. The van der Waals surface area contributed by atoms with Crippen LogP contribution in [-0.2, 0) is 0 Å². The number of pyridine rings is 1. The fourth-order valence-corrected chi connectivity index (χ4v) is 5.70. The van der Waals surface area contributed by atoms with Gasteiger partial charge < -0.3 is 0 Å². The van der Waals surface area contributed by atoms with E-state index in [9.17, 15) is 0 Å². The minimum atomic E-state index is 0.638. The van der Waals surface area contributed by atoms with E-state index < -0.39 is 0 Å². The highest BCUT2D eigenvalue weighted by atomic mass is 15.0. The van der Waals surface area contributed by atoms with Gasteiger partial charge in [-0.05, 0) is 71.5 Å². The summed E-state index contributed by atoms with van der Waals surface area (Å²) in [5.74, 6) is 1.93. The first kappa shape index (κ1) is 27.1. The third-order valence-corrected chi connectivity index (χ3v) is 7.86. The Labute approximate surface area is 257 Å². The number of hydrogen-bond acceptors (Lipinski definition) is 4. The van der Waals surface area contributed by atoms with Crippen molar-refractivity contribution >= 4 is 0 Å². The molecule has 0 atom stereocenters. The molecular formula is C40H30N4. The maximum absolute atomic E-state index is 5.00. The van der Waals surface area contributed by atoms with E-state index in [1.165, 1.54) is 16.7 Å². The highest BCUT2D eigenvalue weighted by Gasteiger charge is 2.17. The first-order chi connectivity index (χ1) is 21.6. The molecule has 0 aliphatic carbocycles. The summed E-state index contributed by atoms with van der Waals surface area (Å²) in [6, 6.07) is 47.8. The largest absolute Gasteiger partial charge is 0.256 e. The highest BCUT2D eigenvalue weighted by molar-refractivity contribution is 5.90. The monoisotopic (exact) mass is 566 g/mol. The van der Waals surface area contributed by atoms with E-state index in [2.05, 4.69) is 79.5 Å². The van der Waals surface area contributed by atoms with E-state index in [0.29, 0.717) is 17.5 Å². The average molecular weight is 567 g/mol. The molecule has 0 bridgehead atoms. The van der Waals surface area contributed by atoms with Crippen LogP contribution in [-0.4, -0.2) is 19.9 Å². The molecule has 44 heavy (non-hydrogen) atoms. The molecule has 0 aliphatic rings. The van der Waals surface area contributed by atoms with Crippen LogP contribution < -0.4 is 0 Å². The van der Waals surface area contributed by atoms with E-state index in [4.69, 9.17) is 15.0 Å². The van der Waals surface area contributed by atoms with Crippen LogP contribution >= 0.6 is 0 Å². The first-order valence-corrected chi connectivity index (χ1v) is 14.7. The summed E-state index contributed by atoms with van der Waals surface area (Å²) in [4.78, 5) is 19.5. The Morgan fingerprint density at radius 2 is 0.932 bits per heavy atom. The highest BCUT2D eigenvalue weighted by Crippen LogP contribution is 2.39. The molecule has 0 radical (unpaired) electrons. The van der Waals surface area contributed by atoms with E-state index in [1.807, 2.05) is 85.1 Å². The lowest BCUT2D eigenvalue weighted by atomic mass is 9.87. The Morgan fingerprint density at radius 1 is 0.386 bits per heavy atom. The molecule has 0 aliphatic heterocycles. The zero-order chi connectivity index (χ0) is 29.9. The van der Waals surface area contributed by atoms with E-state index >= 15 is 0 Å².